The number of carbonyl (C=O) groups excluding carboxylic acids is 1. The van der Waals surface area contributed by atoms with E-state index in [2.05, 4.69) is 19.2 Å². The molecular formula is C17H20N2O3S. The summed E-state index contributed by atoms with van der Waals surface area (Å²) in [6.07, 6.45) is 0.847. The predicted octanol–water partition coefficient (Wildman–Crippen LogP) is 4.10. The summed E-state index contributed by atoms with van der Waals surface area (Å²) in [7, 11) is 0. The Balaban J connectivity index is 2.09. The number of benzene rings is 1. The van der Waals surface area contributed by atoms with Crippen LogP contribution in [0.3, 0.4) is 0 Å². The summed E-state index contributed by atoms with van der Waals surface area (Å²) < 4.78 is 0. The zero-order valence-electron chi connectivity index (χ0n) is 13.2. The first-order chi connectivity index (χ1) is 11.0. The first-order valence-corrected chi connectivity index (χ1v) is 8.40. The number of thiophene rings is 1. The van der Waals surface area contributed by atoms with Crippen LogP contribution in [0.5, 0.6) is 0 Å². The summed E-state index contributed by atoms with van der Waals surface area (Å²) in [6.45, 7) is 4.21. The maximum Gasteiger partial charge on any atom is 0.273 e. The lowest BCUT2D eigenvalue weighted by atomic mass is 10.0. The lowest BCUT2D eigenvalue weighted by molar-refractivity contribution is -0.385. The third kappa shape index (κ3) is 4.89. The molecular weight excluding hydrogens is 312 g/mol. The minimum atomic E-state index is -0.451. The van der Waals surface area contributed by atoms with Gasteiger partial charge in [0.15, 0.2) is 0 Å². The largest absolute Gasteiger partial charge is 0.348 e. The SMILES string of the molecule is CC(C)CC(NC(=O)Cc1ccccc1[N+](=O)[O-])c1cccs1. The highest BCUT2D eigenvalue weighted by atomic mass is 32.1. The maximum absolute atomic E-state index is 12.3. The number of nitrogens with one attached hydrogen (secondary N) is 1. The molecule has 1 unspecified atom stereocenters. The Hall–Kier alpha value is -2.21. The highest BCUT2D eigenvalue weighted by Gasteiger charge is 2.20. The highest BCUT2D eigenvalue weighted by Crippen LogP contribution is 2.26. The van der Waals surface area contributed by atoms with E-state index >= 15 is 0 Å². The van der Waals surface area contributed by atoms with Gasteiger partial charge in [0.05, 0.1) is 17.4 Å². The summed E-state index contributed by atoms with van der Waals surface area (Å²) in [6, 6.07) is 10.3. The van der Waals surface area contributed by atoms with Crippen molar-refractivity contribution in [1.29, 1.82) is 0 Å². The van der Waals surface area contributed by atoms with Crippen molar-refractivity contribution in [3.8, 4) is 0 Å². The van der Waals surface area contributed by atoms with Crippen LogP contribution >= 0.6 is 11.3 Å². The predicted molar refractivity (Wildman–Crippen MR) is 91.5 cm³/mol. The fourth-order valence-electron chi connectivity index (χ4n) is 2.46. The van der Waals surface area contributed by atoms with Gasteiger partial charge in [-0.1, -0.05) is 38.1 Å². The molecule has 2 aromatic rings. The number of nitro groups is 1. The maximum atomic E-state index is 12.3. The zero-order chi connectivity index (χ0) is 16.8. The molecule has 1 aromatic carbocycles. The number of nitro benzene ring substituents is 1. The van der Waals surface area contributed by atoms with Gasteiger partial charge in [-0.3, -0.25) is 14.9 Å². The van der Waals surface area contributed by atoms with Crippen LogP contribution in [0.15, 0.2) is 41.8 Å². The van der Waals surface area contributed by atoms with Crippen molar-refractivity contribution < 1.29 is 9.72 Å². The van der Waals surface area contributed by atoms with Crippen molar-refractivity contribution in [1.82, 2.24) is 5.32 Å². The molecule has 122 valence electrons. The smallest absolute Gasteiger partial charge is 0.273 e. The number of para-hydroxylation sites is 1. The molecule has 1 amide bonds. The summed E-state index contributed by atoms with van der Waals surface area (Å²) >= 11 is 1.61. The number of nitrogens with zero attached hydrogens (tertiary/aromatic N) is 1. The minimum Gasteiger partial charge on any atom is -0.348 e. The van der Waals surface area contributed by atoms with Gasteiger partial charge in [-0.15, -0.1) is 11.3 Å². The second-order valence-electron chi connectivity index (χ2n) is 5.83. The van der Waals surface area contributed by atoms with Gasteiger partial charge in [-0.25, -0.2) is 0 Å². The van der Waals surface area contributed by atoms with E-state index in [0.29, 0.717) is 11.5 Å². The second kappa shape index (κ2) is 7.87. The van der Waals surface area contributed by atoms with Gasteiger partial charge in [0, 0.05) is 16.5 Å². The van der Waals surface area contributed by atoms with Crippen LogP contribution in [-0.2, 0) is 11.2 Å². The van der Waals surface area contributed by atoms with E-state index in [1.807, 2.05) is 17.5 Å². The molecule has 0 spiro atoms. The molecule has 6 heteroatoms. The monoisotopic (exact) mass is 332 g/mol. The molecule has 0 aliphatic rings. The molecule has 1 atom stereocenters. The highest BCUT2D eigenvalue weighted by molar-refractivity contribution is 7.10. The van der Waals surface area contributed by atoms with Crippen molar-refractivity contribution in [2.75, 3.05) is 0 Å². The Morgan fingerprint density at radius 2 is 2.00 bits per heavy atom. The summed E-state index contributed by atoms with van der Waals surface area (Å²) in [5.41, 5.74) is 0.420. The third-order valence-corrected chi connectivity index (χ3v) is 4.45. The van der Waals surface area contributed by atoms with Gasteiger partial charge in [-0.05, 0) is 23.8 Å². The fraction of sp³-hybridized carbons (Fsp3) is 0.353. The Labute approximate surface area is 139 Å². The lowest BCUT2D eigenvalue weighted by Gasteiger charge is -2.19. The summed E-state index contributed by atoms with van der Waals surface area (Å²) in [5, 5.41) is 16.0. The van der Waals surface area contributed by atoms with Crippen molar-refractivity contribution in [2.24, 2.45) is 5.92 Å². The molecule has 1 N–H and O–H groups in total. The topological polar surface area (TPSA) is 72.2 Å². The molecule has 0 aliphatic heterocycles. The lowest BCUT2D eigenvalue weighted by Crippen LogP contribution is -2.30. The summed E-state index contributed by atoms with van der Waals surface area (Å²) in [4.78, 5) is 24.0. The van der Waals surface area contributed by atoms with Crippen LogP contribution in [-0.4, -0.2) is 10.8 Å². The van der Waals surface area contributed by atoms with Gasteiger partial charge >= 0.3 is 0 Å². The molecule has 5 nitrogen and oxygen atoms in total. The molecule has 0 radical (unpaired) electrons. The first-order valence-electron chi connectivity index (χ1n) is 7.52. The first kappa shape index (κ1) is 17.1. The van der Waals surface area contributed by atoms with E-state index in [-0.39, 0.29) is 24.1 Å². The molecule has 2 rings (SSSR count). The molecule has 1 aromatic heterocycles. The standard InChI is InChI=1S/C17H20N2O3S/c1-12(2)10-14(16-8-5-9-23-16)18-17(20)11-13-6-3-4-7-15(13)19(21)22/h3-9,12,14H,10-11H2,1-2H3,(H,18,20). The molecule has 0 bridgehead atoms. The van der Waals surface area contributed by atoms with E-state index in [0.717, 1.165) is 11.3 Å². The minimum absolute atomic E-state index is 0.0110. The van der Waals surface area contributed by atoms with Gasteiger partial charge < -0.3 is 5.32 Å². The van der Waals surface area contributed by atoms with E-state index in [1.165, 1.54) is 6.07 Å². The average molecular weight is 332 g/mol. The zero-order valence-corrected chi connectivity index (χ0v) is 14.0. The Morgan fingerprint density at radius 1 is 1.26 bits per heavy atom. The van der Waals surface area contributed by atoms with Crippen LogP contribution in [0, 0.1) is 16.0 Å². The van der Waals surface area contributed by atoms with Crippen LogP contribution in [0.4, 0.5) is 5.69 Å². The molecule has 1 heterocycles. The Kier molecular flexibility index (Phi) is 5.87. The van der Waals surface area contributed by atoms with Crippen LogP contribution < -0.4 is 5.32 Å². The van der Waals surface area contributed by atoms with Gasteiger partial charge in [0.1, 0.15) is 0 Å². The number of hydrogen-bond acceptors (Lipinski definition) is 4. The van der Waals surface area contributed by atoms with Crippen molar-refractivity contribution in [3.63, 3.8) is 0 Å². The number of rotatable bonds is 7. The van der Waals surface area contributed by atoms with E-state index in [9.17, 15) is 14.9 Å². The van der Waals surface area contributed by atoms with E-state index in [1.54, 1.807) is 29.5 Å². The molecule has 0 saturated heterocycles. The number of hydrogen-bond donors (Lipinski definition) is 1. The molecule has 0 saturated carbocycles. The van der Waals surface area contributed by atoms with E-state index < -0.39 is 4.92 Å². The second-order valence-corrected chi connectivity index (χ2v) is 6.81. The molecule has 0 aliphatic carbocycles. The quantitative estimate of drug-likeness (QED) is 0.613. The number of amides is 1. The van der Waals surface area contributed by atoms with E-state index in [4.69, 9.17) is 0 Å². The van der Waals surface area contributed by atoms with Crippen LogP contribution in [0.2, 0.25) is 0 Å². The van der Waals surface area contributed by atoms with Crippen molar-refractivity contribution >= 4 is 22.9 Å². The normalized spacial score (nSPS) is 12.1. The van der Waals surface area contributed by atoms with Crippen molar-refractivity contribution in [2.45, 2.75) is 32.7 Å². The average Bonchev–Trinajstić information content (AvgIpc) is 3.00. The summed E-state index contributed by atoms with van der Waals surface area (Å²) in [5.74, 6) is 0.242. The third-order valence-electron chi connectivity index (χ3n) is 3.47. The van der Waals surface area contributed by atoms with Gasteiger partial charge in [0.25, 0.3) is 5.69 Å². The van der Waals surface area contributed by atoms with Crippen LogP contribution in [0.25, 0.3) is 0 Å². The Morgan fingerprint density at radius 3 is 2.61 bits per heavy atom. The van der Waals surface area contributed by atoms with Crippen LogP contribution in [0.1, 0.15) is 36.8 Å². The van der Waals surface area contributed by atoms with Crippen molar-refractivity contribution in [3.05, 3.63) is 62.3 Å². The molecule has 0 fully saturated rings. The molecule has 23 heavy (non-hydrogen) atoms. The van der Waals surface area contributed by atoms with Gasteiger partial charge in [0.2, 0.25) is 5.91 Å². The Bertz CT molecular complexity index is 668. The van der Waals surface area contributed by atoms with Gasteiger partial charge in [-0.2, -0.15) is 0 Å². The number of carbonyl (C=O) groups is 1. The fourth-order valence-corrected chi connectivity index (χ4v) is 3.25.